The number of nitrogens with one attached hydrogen (secondary N) is 1. The number of nitrogen functional groups attached to an aromatic ring is 1. The van der Waals surface area contributed by atoms with Gasteiger partial charge < -0.3 is 20.9 Å². The normalized spacial score (nSPS) is 12.2. The van der Waals surface area contributed by atoms with E-state index in [1.807, 2.05) is 54.6 Å². The third-order valence-corrected chi connectivity index (χ3v) is 4.11. The van der Waals surface area contributed by atoms with E-state index in [1.54, 1.807) is 0 Å². The topological polar surface area (TPSA) is 67.5 Å². The zero-order chi connectivity index (χ0) is 17.5. The fraction of sp³-hybridized carbons (Fsp3) is 0.238. The Hall–Kier alpha value is -2.56. The number of aliphatic hydroxyl groups is 1. The summed E-state index contributed by atoms with van der Waals surface area (Å²) < 4.78 is 5.70. The Labute approximate surface area is 148 Å². The molecule has 1 unspecified atom stereocenters. The summed E-state index contributed by atoms with van der Waals surface area (Å²) in [5.41, 5.74) is 7.67. The molecule has 4 nitrogen and oxygen atoms in total. The molecule has 130 valence electrons. The van der Waals surface area contributed by atoms with Crippen LogP contribution in [0.25, 0.3) is 10.8 Å². The van der Waals surface area contributed by atoms with Crippen molar-refractivity contribution in [3.8, 4) is 5.75 Å². The Morgan fingerprint density at radius 1 is 0.960 bits per heavy atom. The molecule has 25 heavy (non-hydrogen) atoms. The Bertz CT molecular complexity index is 802. The average molecular weight is 336 g/mol. The molecular formula is C21H24N2O2. The molecule has 4 heteroatoms. The van der Waals surface area contributed by atoms with Crippen LogP contribution in [0.1, 0.15) is 5.56 Å². The van der Waals surface area contributed by atoms with Crippen molar-refractivity contribution in [2.75, 3.05) is 25.4 Å². The molecule has 4 N–H and O–H groups in total. The molecule has 1 atom stereocenters. The Kier molecular flexibility index (Phi) is 5.88. The van der Waals surface area contributed by atoms with Gasteiger partial charge in [0.2, 0.25) is 0 Å². The standard InChI is InChI=1S/C21H24N2O2/c22-19-8-5-16(6-9-19)11-12-23-14-20(24)15-25-21-10-7-17-3-1-2-4-18(17)13-21/h1-10,13,20,23-24H,11-12,14-15,22H2. The first-order valence-corrected chi connectivity index (χ1v) is 8.55. The number of aliphatic hydroxyl groups excluding tert-OH is 1. The molecule has 0 heterocycles. The molecule has 3 rings (SSSR count). The van der Waals surface area contributed by atoms with Crippen molar-refractivity contribution >= 4 is 16.5 Å². The van der Waals surface area contributed by atoms with Crippen LogP contribution >= 0.6 is 0 Å². The summed E-state index contributed by atoms with van der Waals surface area (Å²) >= 11 is 0. The highest BCUT2D eigenvalue weighted by Gasteiger charge is 2.05. The van der Waals surface area contributed by atoms with Gasteiger partial charge in [0.1, 0.15) is 18.5 Å². The molecule has 3 aromatic rings. The van der Waals surface area contributed by atoms with Gasteiger partial charge in [0, 0.05) is 12.2 Å². The molecule has 0 saturated heterocycles. The van der Waals surface area contributed by atoms with Crippen molar-refractivity contribution < 1.29 is 9.84 Å². The predicted octanol–water partition coefficient (Wildman–Crippen LogP) is 2.99. The van der Waals surface area contributed by atoms with Crippen LogP contribution in [-0.4, -0.2) is 30.9 Å². The van der Waals surface area contributed by atoms with E-state index >= 15 is 0 Å². The molecule has 0 radical (unpaired) electrons. The van der Waals surface area contributed by atoms with E-state index < -0.39 is 6.10 Å². The average Bonchev–Trinajstić information content (AvgIpc) is 2.65. The first-order chi connectivity index (χ1) is 12.2. The van der Waals surface area contributed by atoms with Crippen molar-refractivity contribution in [3.05, 3.63) is 72.3 Å². The van der Waals surface area contributed by atoms with Gasteiger partial charge in [-0.15, -0.1) is 0 Å². The van der Waals surface area contributed by atoms with Crippen LogP contribution in [0.4, 0.5) is 5.69 Å². The summed E-state index contributed by atoms with van der Waals surface area (Å²) in [5.74, 6) is 0.777. The number of hydrogen-bond donors (Lipinski definition) is 3. The first-order valence-electron chi connectivity index (χ1n) is 8.55. The van der Waals surface area contributed by atoms with Crippen LogP contribution in [0, 0.1) is 0 Å². The van der Waals surface area contributed by atoms with E-state index in [0.29, 0.717) is 6.54 Å². The summed E-state index contributed by atoms with van der Waals surface area (Å²) in [6, 6.07) is 22.0. The number of fused-ring (bicyclic) bond motifs is 1. The maximum absolute atomic E-state index is 10.1. The predicted molar refractivity (Wildman–Crippen MR) is 103 cm³/mol. The minimum Gasteiger partial charge on any atom is -0.491 e. The van der Waals surface area contributed by atoms with Crippen molar-refractivity contribution in [1.82, 2.24) is 5.32 Å². The molecule has 0 spiro atoms. The summed E-state index contributed by atoms with van der Waals surface area (Å²) in [6.07, 6.45) is 0.358. The minimum absolute atomic E-state index is 0.271. The van der Waals surface area contributed by atoms with Gasteiger partial charge in [-0.1, -0.05) is 42.5 Å². The number of ether oxygens (including phenoxy) is 1. The SMILES string of the molecule is Nc1ccc(CCNCC(O)COc2ccc3ccccc3c2)cc1. The van der Waals surface area contributed by atoms with Gasteiger partial charge in [-0.3, -0.25) is 0 Å². The van der Waals surface area contributed by atoms with Crippen LogP contribution in [-0.2, 0) is 6.42 Å². The fourth-order valence-electron chi connectivity index (χ4n) is 2.69. The highest BCUT2D eigenvalue weighted by molar-refractivity contribution is 5.83. The zero-order valence-electron chi connectivity index (χ0n) is 14.2. The van der Waals surface area contributed by atoms with Gasteiger partial charge in [0.25, 0.3) is 0 Å². The largest absolute Gasteiger partial charge is 0.491 e. The highest BCUT2D eigenvalue weighted by atomic mass is 16.5. The summed E-state index contributed by atoms with van der Waals surface area (Å²) in [4.78, 5) is 0. The van der Waals surface area contributed by atoms with Crippen molar-refractivity contribution in [1.29, 1.82) is 0 Å². The molecular weight excluding hydrogens is 312 g/mol. The van der Waals surface area contributed by atoms with Crippen LogP contribution < -0.4 is 15.8 Å². The lowest BCUT2D eigenvalue weighted by atomic mass is 10.1. The number of nitrogens with two attached hydrogens (primary N) is 1. The Morgan fingerprint density at radius 2 is 1.72 bits per heavy atom. The van der Waals surface area contributed by atoms with Gasteiger partial charge in [0.15, 0.2) is 0 Å². The highest BCUT2D eigenvalue weighted by Crippen LogP contribution is 2.20. The van der Waals surface area contributed by atoms with E-state index in [2.05, 4.69) is 17.4 Å². The molecule has 0 aliphatic carbocycles. The fourth-order valence-corrected chi connectivity index (χ4v) is 2.69. The maximum atomic E-state index is 10.1. The third kappa shape index (κ3) is 5.21. The number of rotatable bonds is 8. The summed E-state index contributed by atoms with van der Waals surface area (Å²) in [7, 11) is 0. The van der Waals surface area contributed by atoms with Crippen molar-refractivity contribution in [3.63, 3.8) is 0 Å². The van der Waals surface area contributed by atoms with Crippen LogP contribution in [0.15, 0.2) is 66.7 Å². The molecule has 0 saturated carbocycles. The van der Waals surface area contributed by atoms with Gasteiger partial charge in [-0.25, -0.2) is 0 Å². The molecule has 0 aliphatic rings. The van der Waals surface area contributed by atoms with Gasteiger partial charge in [0.05, 0.1) is 0 Å². The van der Waals surface area contributed by atoms with Gasteiger partial charge >= 0.3 is 0 Å². The summed E-state index contributed by atoms with van der Waals surface area (Å²) in [5, 5.41) is 15.6. The van der Waals surface area contributed by atoms with Gasteiger partial charge in [-0.05, 0) is 53.6 Å². The Balaban J connectivity index is 1.38. The van der Waals surface area contributed by atoms with Crippen LogP contribution in [0.3, 0.4) is 0 Å². The molecule has 3 aromatic carbocycles. The molecule has 0 bridgehead atoms. The number of benzene rings is 3. The molecule has 0 amide bonds. The lowest BCUT2D eigenvalue weighted by Crippen LogP contribution is -2.32. The van der Waals surface area contributed by atoms with Crippen molar-refractivity contribution in [2.45, 2.75) is 12.5 Å². The van der Waals surface area contributed by atoms with Crippen LogP contribution in [0.2, 0.25) is 0 Å². The summed E-state index contributed by atoms with van der Waals surface area (Å²) in [6.45, 7) is 1.58. The second kappa shape index (κ2) is 8.51. The second-order valence-electron chi connectivity index (χ2n) is 6.17. The van der Waals surface area contributed by atoms with Crippen molar-refractivity contribution in [2.24, 2.45) is 0 Å². The quantitative estimate of drug-likeness (QED) is 0.437. The van der Waals surface area contributed by atoms with Gasteiger partial charge in [-0.2, -0.15) is 0 Å². The van der Waals surface area contributed by atoms with Crippen LogP contribution in [0.5, 0.6) is 5.75 Å². The smallest absolute Gasteiger partial charge is 0.120 e. The lowest BCUT2D eigenvalue weighted by molar-refractivity contribution is 0.107. The van der Waals surface area contributed by atoms with E-state index in [1.165, 1.54) is 10.9 Å². The van der Waals surface area contributed by atoms with E-state index in [9.17, 15) is 5.11 Å². The molecule has 0 aromatic heterocycles. The number of hydrogen-bond acceptors (Lipinski definition) is 4. The van der Waals surface area contributed by atoms with E-state index in [4.69, 9.17) is 10.5 Å². The number of anilines is 1. The molecule has 0 aliphatic heterocycles. The lowest BCUT2D eigenvalue weighted by Gasteiger charge is -2.14. The Morgan fingerprint density at radius 3 is 2.52 bits per heavy atom. The zero-order valence-corrected chi connectivity index (χ0v) is 14.2. The maximum Gasteiger partial charge on any atom is 0.120 e. The minimum atomic E-state index is -0.544. The monoisotopic (exact) mass is 336 g/mol. The second-order valence-corrected chi connectivity index (χ2v) is 6.17. The third-order valence-electron chi connectivity index (χ3n) is 4.11. The molecule has 0 fully saturated rings. The van der Waals surface area contributed by atoms with E-state index in [-0.39, 0.29) is 6.61 Å². The van der Waals surface area contributed by atoms with E-state index in [0.717, 1.165) is 29.8 Å². The first kappa shape index (κ1) is 17.3.